The van der Waals surface area contributed by atoms with Gasteiger partial charge in [0.2, 0.25) is 0 Å². The number of fused-ring (bicyclic) bond motifs is 1. The lowest BCUT2D eigenvalue weighted by Gasteiger charge is -2.07. The van der Waals surface area contributed by atoms with Gasteiger partial charge in [-0.2, -0.15) is 5.10 Å². The number of hydrogen-bond donors (Lipinski definition) is 2. The van der Waals surface area contributed by atoms with Crippen molar-refractivity contribution in [1.29, 1.82) is 0 Å². The Labute approximate surface area is 125 Å². The molecule has 3 rings (SSSR count). The smallest absolute Gasteiger partial charge is 0.263 e. The van der Waals surface area contributed by atoms with E-state index in [2.05, 4.69) is 15.5 Å². The lowest BCUT2D eigenvalue weighted by atomic mass is 10.1. The summed E-state index contributed by atoms with van der Waals surface area (Å²) in [7, 11) is 0. The van der Waals surface area contributed by atoms with Crippen LogP contribution in [0.25, 0.3) is 10.9 Å². The fourth-order valence-corrected chi connectivity index (χ4v) is 2.24. The van der Waals surface area contributed by atoms with Crippen molar-refractivity contribution in [2.45, 2.75) is 13.0 Å². The molecule has 4 nitrogen and oxygen atoms in total. The lowest BCUT2D eigenvalue weighted by molar-refractivity contribution is 0.0950. The number of alkyl halides is 2. The third kappa shape index (κ3) is 2.81. The van der Waals surface area contributed by atoms with Crippen LogP contribution >= 0.6 is 0 Å². The van der Waals surface area contributed by atoms with E-state index in [0.29, 0.717) is 12.1 Å². The van der Waals surface area contributed by atoms with Crippen molar-refractivity contribution in [3.8, 4) is 0 Å². The first kappa shape index (κ1) is 14.2. The number of rotatable bonds is 4. The van der Waals surface area contributed by atoms with Crippen molar-refractivity contribution >= 4 is 16.8 Å². The topological polar surface area (TPSA) is 57.8 Å². The van der Waals surface area contributed by atoms with E-state index in [1.807, 2.05) is 18.2 Å². The van der Waals surface area contributed by atoms with E-state index in [9.17, 15) is 13.6 Å². The number of carbonyl (C=O) groups excluding carboxylic acids is 1. The van der Waals surface area contributed by atoms with E-state index < -0.39 is 6.43 Å². The first-order valence-electron chi connectivity index (χ1n) is 6.72. The molecular weight excluding hydrogens is 288 g/mol. The quantitative estimate of drug-likeness (QED) is 0.775. The van der Waals surface area contributed by atoms with Gasteiger partial charge in [-0.1, -0.05) is 24.3 Å². The van der Waals surface area contributed by atoms with E-state index >= 15 is 0 Å². The molecule has 2 aromatic carbocycles. The Balaban J connectivity index is 1.71. The molecule has 112 valence electrons. The minimum absolute atomic E-state index is 0.0975. The maximum absolute atomic E-state index is 12.5. The summed E-state index contributed by atoms with van der Waals surface area (Å²) in [5.74, 6) is -0.304. The predicted molar refractivity (Wildman–Crippen MR) is 78.7 cm³/mol. The van der Waals surface area contributed by atoms with Crippen LogP contribution in [0.4, 0.5) is 8.78 Å². The van der Waals surface area contributed by atoms with Crippen LogP contribution in [0.1, 0.15) is 27.9 Å². The molecule has 0 saturated heterocycles. The van der Waals surface area contributed by atoms with Gasteiger partial charge in [0.05, 0.1) is 11.7 Å². The molecule has 1 amide bonds. The maximum atomic E-state index is 12.5. The Morgan fingerprint density at radius 3 is 2.68 bits per heavy atom. The zero-order chi connectivity index (χ0) is 15.5. The van der Waals surface area contributed by atoms with Crippen LogP contribution in [-0.4, -0.2) is 16.1 Å². The second-order valence-electron chi connectivity index (χ2n) is 4.85. The van der Waals surface area contributed by atoms with Crippen LogP contribution in [-0.2, 0) is 6.54 Å². The maximum Gasteiger partial charge on any atom is 0.263 e. The molecule has 1 aromatic heterocycles. The molecule has 6 heteroatoms. The summed E-state index contributed by atoms with van der Waals surface area (Å²) in [5, 5.41) is 10.5. The standard InChI is InChI=1S/C16H13F2N3O/c17-15(18)10-4-6-11(7-5-10)16(22)19-8-12-2-1-3-14-13(12)9-20-21-14/h1-7,9,15H,8H2,(H,19,22)(H,20,21). The molecule has 0 bridgehead atoms. The number of hydrogen-bond acceptors (Lipinski definition) is 2. The Hall–Kier alpha value is -2.76. The number of H-pyrrole nitrogens is 1. The van der Waals surface area contributed by atoms with Crippen molar-refractivity contribution < 1.29 is 13.6 Å². The number of nitrogens with one attached hydrogen (secondary N) is 2. The van der Waals surface area contributed by atoms with Crippen LogP contribution in [0.2, 0.25) is 0 Å². The molecule has 0 aliphatic heterocycles. The summed E-state index contributed by atoms with van der Waals surface area (Å²) >= 11 is 0. The summed E-state index contributed by atoms with van der Waals surface area (Å²) in [6.07, 6.45) is -0.829. The number of aromatic amines is 1. The summed E-state index contributed by atoms with van der Waals surface area (Å²) in [6.45, 7) is 0.340. The SMILES string of the molecule is O=C(NCc1cccc2[nH]ncc12)c1ccc(C(F)F)cc1. The fraction of sp³-hybridized carbons (Fsp3) is 0.125. The minimum Gasteiger partial charge on any atom is -0.348 e. The van der Waals surface area contributed by atoms with Crippen LogP contribution in [0.5, 0.6) is 0 Å². The van der Waals surface area contributed by atoms with Gasteiger partial charge in [-0.15, -0.1) is 0 Å². The van der Waals surface area contributed by atoms with Gasteiger partial charge in [0.15, 0.2) is 0 Å². The van der Waals surface area contributed by atoms with Crippen molar-refractivity contribution in [2.75, 3.05) is 0 Å². The summed E-state index contributed by atoms with van der Waals surface area (Å²) in [5.41, 5.74) is 2.08. The van der Waals surface area contributed by atoms with Crippen molar-refractivity contribution in [1.82, 2.24) is 15.5 Å². The number of amides is 1. The zero-order valence-electron chi connectivity index (χ0n) is 11.5. The van der Waals surface area contributed by atoms with E-state index in [1.165, 1.54) is 24.3 Å². The molecule has 0 fully saturated rings. The fourth-order valence-electron chi connectivity index (χ4n) is 2.24. The van der Waals surface area contributed by atoms with E-state index in [0.717, 1.165) is 16.5 Å². The molecule has 0 spiro atoms. The van der Waals surface area contributed by atoms with Gasteiger partial charge >= 0.3 is 0 Å². The van der Waals surface area contributed by atoms with Gasteiger partial charge in [-0.25, -0.2) is 8.78 Å². The summed E-state index contributed by atoms with van der Waals surface area (Å²) in [4.78, 5) is 12.1. The Bertz CT molecular complexity index is 797. The Kier molecular flexibility index (Phi) is 3.82. The first-order chi connectivity index (χ1) is 10.6. The van der Waals surface area contributed by atoms with Gasteiger partial charge in [0, 0.05) is 23.1 Å². The molecule has 0 saturated carbocycles. The summed E-state index contributed by atoms with van der Waals surface area (Å²) in [6, 6.07) is 11.0. The molecular formula is C16H13F2N3O. The van der Waals surface area contributed by atoms with E-state index in [1.54, 1.807) is 6.20 Å². The number of carbonyl (C=O) groups is 1. The second kappa shape index (κ2) is 5.93. The number of nitrogens with zero attached hydrogens (tertiary/aromatic N) is 1. The van der Waals surface area contributed by atoms with Gasteiger partial charge < -0.3 is 5.32 Å². The Morgan fingerprint density at radius 1 is 1.18 bits per heavy atom. The van der Waals surface area contributed by atoms with Crippen molar-refractivity contribution in [3.05, 3.63) is 65.4 Å². The van der Waals surface area contributed by atoms with Gasteiger partial charge in [-0.05, 0) is 23.8 Å². The average Bonchev–Trinajstić information content (AvgIpc) is 3.01. The molecule has 22 heavy (non-hydrogen) atoms. The zero-order valence-corrected chi connectivity index (χ0v) is 11.5. The van der Waals surface area contributed by atoms with Crippen LogP contribution < -0.4 is 5.32 Å². The van der Waals surface area contributed by atoms with Gasteiger partial charge in [0.1, 0.15) is 0 Å². The molecule has 1 heterocycles. The van der Waals surface area contributed by atoms with E-state index in [-0.39, 0.29) is 11.5 Å². The highest BCUT2D eigenvalue weighted by molar-refractivity contribution is 5.94. The number of benzene rings is 2. The second-order valence-corrected chi connectivity index (χ2v) is 4.85. The highest BCUT2D eigenvalue weighted by Gasteiger charge is 2.10. The first-order valence-corrected chi connectivity index (χ1v) is 6.72. The molecule has 0 unspecified atom stereocenters. The molecule has 3 aromatic rings. The van der Waals surface area contributed by atoms with E-state index in [4.69, 9.17) is 0 Å². The van der Waals surface area contributed by atoms with Crippen LogP contribution in [0, 0.1) is 0 Å². The Morgan fingerprint density at radius 2 is 1.95 bits per heavy atom. The number of halogens is 2. The third-order valence-corrected chi connectivity index (χ3v) is 3.44. The van der Waals surface area contributed by atoms with Crippen LogP contribution in [0.15, 0.2) is 48.7 Å². The molecule has 2 N–H and O–H groups in total. The molecule has 0 atom stereocenters. The predicted octanol–water partition coefficient (Wildman–Crippen LogP) is 3.43. The largest absolute Gasteiger partial charge is 0.348 e. The average molecular weight is 301 g/mol. The lowest BCUT2D eigenvalue weighted by Crippen LogP contribution is -2.22. The van der Waals surface area contributed by atoms with Gasteiger partial charge in [-0.3, -0.25) is 9.89 Å². The van der Waals surface area contributed by atoms with Gasteiger partial charge in [0.25, 0.3) is 12.3 Å². The monoisotopic (exact) mass is 301 g/mol. The highest BCUT2D eigenvalue weighted by Crippen LogP contribution is 2.19. The number of aromatic nitrogens is 2. The normalized spacial score (nSPS) is 11.0. The molecule has 0 radical (unpaired) electrons. The van der Waals surface area contributed by atoms with Crippen molar-refractivity contribution in [3.63, 3.8) is 0 Å². The third-order valence-electron chi connectivity index (χ3n) is 3.44. The summed E-state index contributed by atoms with van der Waals surface area (Å²) < 4.78 is 25.0. The molecule has 0 aliphatic rings. The molecule has 0 aliphatic carbocycles. The highest BCUT2D eigenvalue weighted by atomic mass is 19.3. The van der Waals surface area contributed by atoms with Crippen LogP contribution in [0.3, 0.4) is 0 Å². The minimum atomic E-state index is -2.53. The van der Waals surface area contributed by atoms with Crippen molar-refractivity contribution in [2.24, 2.45) is 0 Å².